The monoisotopic (exact) mass is 381 g/mol. The van der Waals surface area contributed by atoms with Gasteiger partial charge in [0.15, 0.2) is 0 Å². The van der Waals surface area contributed by atoms with Gasteiger partial charge in [-0.15, -0.1) is 0 Å². The minimum Gasteiger partial charge on any atom is -0.372 e. The quantitative estimate of drug-likeness (QED) is 0.642. The average molecular weight is 382 g/mol. The zero-order valence-electron chi connectivity index (χ0n) is 14.8. The largest absolute Gasteiger partial charge is 0.372 e. The van der Waals surface area contributed by atoms with Crippen molar-refractivity contribution in [2.45, 2.75) is 19.4 Å². The first-order valence-corrected chi connectivity index (χ1v) is 9.42. The number of hydrogen-bond donors (Lipinski definition) is 1. The molecular weight excluding hydrogens is 362 g/mol. The molecule has 0 unspecified atom stereocenters. The van der Waals surface area contributed by atoms with Gasteiger partial charge in [0.2, 0.25) is 0 Å². The Bertz CT molecular complexity index is 902. The highest BCUT2D eigenvalue weighted by Crippen LogP contribution is 2.23. The number of halogens is 1. The minimum atomic E-state index is -0.431. The number of rotatable bonds is 4. The van der Waals surface area contributed by atoms with Gasteiger partial charge in [-0.1, -0.05) is 41.9 Å². The lowest BCUT2D eigenvalue weighted by molar-refractivity contribution is -0.123. The zero-order chi connectivity index (χ0) is 18.8. The van der Waals surface area contributed by atoms with Crippen LogP contribution in [0.3, 0.4) is 0 Å². The van der Waals surface area contributed by atoms with Crippen LogP contribution in [0.2, 0.25) is 5.02 Å². The van der Waals surface area contributed by atoms with E-state index in [4.69, 9.17) is 11.6 Å². The van der Waals surface area contributed by atoms with Crippen molar-refractivity contribution in [1.29, 1.82) is 0 Å². The van der Waals surface area contributed by atoms with Crippen LogP contribution in [0.1, 0.15) is 24.0 Å². The maximum Gasteiger partial charge on any atom is 0.329 e. The van der Waals surface area contributed by atoms with Gasteiger partial charge in [-0.2, -0.15) is 0 Å². The van der Waals surface area contributed by atoms with E-state index in [9.17, 15) is 9.59 Å². The second kappa shape index (κ2) is 7.45. The molecule has 2 fully saturated rings. The smallest absolute Gasteiger partial charge is 0.329 e. The van der Waals surface area contributed by atoms with Crippen LogP contribution in [0.4, 0.5) is 10.5 Å². The lowest BCUT2D eigenvalue weighted by Crippen LogP contribution is -2.30. The van der Waals surface area contributed by atoms with Crippen LogP contribution in [-0.2, 0) is 11.3 Å². The van der Waals surface area contributed by atoms with Crippen LogP contribution < -0.4 is 10.2 Å². The molecule has 2 aliphatic heterocycles. The SMILES string of the molecule is O=C1N/C(=C/c2ccc(N3CCCC3)cc2)C(=O)N1Cc1ccccc1Cl. The normalized spacial score (nSPS) is 18.5. The van der Waals surface area contributed by atoms with Crippen molar-refractivity contribution in [2.24, 2.45) is 0 Å². The third-order valence-electron chi connectivity index (χ3n) is 4.92. The van der Waals surface area contributed by atoms with E-state index in [2.05, 4.69) is 22.3 Å². The highest BCUT2D eigenvalue weighted by molar-refractivity contribution is 6.31. The number of carbonyl (C=O) groups is 2. The van der Waals surface area contributed by atoms with Crippen LogP contribution in [0.25, 0.3) is 6.08 Å². The number of imide groups is 1. The third kappa shape index (κ3) is 3.69. The number of benzene rings is 2. The molecule has 3 amide bonds. The summed E-state index contributed by atoms with van der Waals surface area (Å²) in [5, 5.41) is 3.19. The molecular formula is C21H20ClN3O2. The summed E-state index contributed by atoms with van der Waals surface area (Å²) in [6, 6.07) is 14.8. The first-order valence-electron chi connectivity index (χ1n) is 9.05. The number of urea groups is 1. The minimum absolute atomic E-state index is 0.148. The molecule has 4 rings (SSSR count). The van der Waals surface area contributed by atoms with E-state index in [-0.39, 0.29) is 18.1 Å². The number of anilines is 1. The van der Waals surface area contributed by atoms with Gasteiger partial charge in [0.25, 0.3) is 5.91 Å². The zero-order valence-corrected chi connectivity index (χ0v) is 15.6. The maximum absolute atomic E-state index is 12.6. The van der Waals surface area contributed by atoms with Gasteiger partial charge in [-0.05, 0) is 48.2 Å². The standard InChI is InChI=1S/C21H20ClN3O2/c22-18-6-2-1-5-16(18)14-25-20(26)19(23-21(25)27)13-15-7-9-17(10-8-15)24-11-3-4-12-24/h1-2,5-10,13H,3-4,11-12,14H2,(H,23,27)/b19-13+. The molecule has 5 nitrogen and oxygen atoms in total. The lowest BCUT2D eigenvalue weighted by atomic mass is 10.1. The van der Waals surface area contributed by atoms with E-state index < -0.39 is 6.03 Å². The molecule has 0 bridgehead atoms. The third-order valence-corrected chi connectivity index (χ3v) is 5.29. The first kappa shape index (κ1) is 17.6. The Kier molecular flexibility index (Phi) is 4.86. The molecule has 138 valence electrons. The van der Waals surface area contributed by atoms with Gasteiger partial charge >= 0.3 is 6.03 Å². The van der Waals surface area contributed by atoms with Gasteiger partial charge in [0.1, 0.15) is 5.70 Å². The molecule has 2 saturated heterocycles. The predicted octanol–water partition coefficient (Wildman–Crippen LogP) is 4.03. The molecule has 0 saturated carbocycles. The fraction of sp³-hybridized carbons (Fsp3) is 0.238. The van der Waals surface area contributed by atoms with Gasteiger partial charge in [-0.25, -0.2) is 4.79 Å². The molecule has 6 heteroatoms. The second-order valence-electron chi connectivity index (χ2n) is 6.76. The molecule has 0 radical (unpaired) electrons. The van der Waals surface area contributed by atoms with Crippen molar-refractivity contribution in [3.05, 3.63) is 70.4 Å². The van der Waals surface area contributed by atoms with E-state index in [1.54, 1.807) is 12.1 Å². The lowest BCUT2D eigenvalue weighted by Gasteiger charge is -2.17. The second-order valence-corrected chi connectivity index (χ2v) is 7.16. The Labute approximate surface area is 163 Å². The van der Waals surface area contributed by atoms with Crippen molar-refractivity contribution in [3.8, 4) is 0 Å². The molecule has 1 N–H and O–H groups in total. The summed E-state index contributed by atoms with van der Waals surface area (Å²) < 4.78 is 0. The summed E-state index contributed by atoms with van der Waals surface area (Å²) >= 11 is 6.14. The van der Waals surface area contributed by atoms with E-state index >= 15 is 0 Å². The van der Waals surface area contributed by atoms with Gasteiger partial charge in [-0.3, -0.25) is 9.69 Å². The van der Waals surface area contributed by atoms with Crippen LogP contribution in [0.5, 0.6) is 0 Å². The van der Waals surface area contributed by atoms with Crippen molar-refractivity contribution < 1.29 is 9.59 Å². The summed E-state index contributed by atoms with van der Waals surface area (Å²) in [6.07, 6.45) is 4.17. The summed E-state index contributed by atoms with van der Waals surface area (Å²) in [5.74, 6) is -0.344. The Morgan fingerprint density at radius 2 is 1.70 bits per heavy atom. The molecule has 2 aliphatic rings. The van der Waals surface area contributed by atoms with Crippen LogP contribution in [-0.4, -0.2) is 29.9 Å². The van der Waals surface area contributed by atoms with Crippen LogP contribution in [0, 0.1) is 0 Å². The maximum atomic E-state index is 12.6. The van der Waals surface area contributed by atoms with E-state index in [0.29, 0.717) is 5.02 Å². The van der Waals surface area contributed by atoms with Crippen LogP contribution in [0.15, 0.2) is 54.2 Å². The van der Waals surface area contributed by atoms with Crippen molar-refractivity contribution in [2.75, 3.05) is 18.0 Å². The van der Waals surface area contributed by atoms with E-state index in [0.717, 1.165) is 24.2 Å². The molecule has 0 atom stereocenters. The highest BCUT2D eigenvalue weighted by atomic mass is 35.5. The van der Waals surface area contributed by atoms with Crippen molar-refractivity contribution in [1.82, 2.24) is 10.2 Å². The van der Waals surface area contributed by atoms with Gasteiger partial charge in [0, 0.05) is 23.8 Å². The Morgan fingerprint density at radius 3 is 2.41 bits per heavy atom. The van der Waals surface area contributed by atoms with Crippen molar-refractivity contribution in [3.63, 3.8) is 0 Å². The number of carbonyl (C=O) groups excluding carboxylic acids is 2. The Morgan fingerprint density at radius 1 is 1.00 bits per heavy atom. The number of nitrogens with one attached hydrogen (secondary N) is 1. The molecule has 2 aromatic rings. The van der Waals surface area contributed by atoms with Crippen LogP contribution >= 0.6 is 11.6 Å². The molecule has 27 heavy (non-hydrogen) atoms. The first-order chi connectivity index (χ1) is 13.1. The molecule has 0 aliphatic carbocycles. The summed E-state index contributed by atoms with van der Waals surface area (Å²) in [7, 11) is 0. The van der Waals surface area contributed by atoms with Gasteiger partial charge < -0.3 is 10.2 Å². The van der Waals surface area contributed by atoms with E-state index in [1.807, 2.05) is 30.3 Å². The topological polar surface area (TPSA) is 52.7 Å². The van der Waals surface area contributed by atoms with Gasteiger partial charge in [0.05, 0.1) is 6.54 Å². The van der Waals surface area contributed by atoms with E-state index in [1.165, 1.54) is 23.4 Å². The predicted molar refractivity (Wildman–Crippen MR) is 106 cm³/mol. The number of nitrogens with zero attached hydrogens (tertiary/aromatic N) is 2. The Hall–Kier alpha value is -2.79. The molecule has 0 aromatic heterocycles. The Balaban J connectivity index is 1.50. The number of amides is 3. The molecule has 2 heterocycles. The highest BCUT2D eigenvalue weighted by Gasteiger charge is 2.33. The summed E-state index contributed by atoms with van der Waals surface area (Å²) in [6.45, 7) is 2.33. The summed E-state index contributed by atoms with van der Waals surface area (Å²) in [5.41, 5.74) is 3.08. The molecule has 0 spiro atoms. The average Bonchev–Trinajstić information content (AvgIpc) is 3.29. The summed E-state index contributed by atoms with van der Waals surface area (Å²) in [4.78, 5) is 28.4. The van der Waals surface area contributed by atoms with Crippen molar-refractivity contribution >= 4 is 35.3 Å². The molecule has 2 aromatic carbocycles. The number of hydrogen-bond acceptors (Lipinski definition) is 3. The fourth-order valence-corrected chi connectivity index (χ4v) is 3.63. The fourth-order valence-electron chi connectivity index (χ4n) is 3.44.